The molecule has 0 aliphatic rings. The zero-order valence-electron chi connectivity index (χ0n) is 10.5. The monoisotopic (exact) mass is 288 g/mol. The summed E-state index contributed by atoms with van der Waals surface area (Å²) in [6.45, 7) is 0.249. The minimum absolute atomic E-state index is 0.0394. The Morgan fingerprint density at radius 1 is 1.20 bits per heavy atom. The first-order valence-electron chi connectivity index (χ1n) is 5.87. The summed E-state index contributed by atoms with van der Waals surface area (Å²) in [5.41, 5.74) is 0.991. The van der Waals surface area contributed by atoms with Crippen molar-refractivity contribution in [1.82, 2.24) is 14.7 Å². The van der Waals surface area contributed by atoms with Gasteiger partial charge in [-0.05, 0) is 24.3 Å². The molecule has 0 radical (unpaired) electrons. The standard InChI is InChI=1S/C13H12N4O2S/c14-9-12-4-5-13(10-16-12)20(18,19)17-8-6-11-3-1-2-7-15-11/h1-5,7,10,17H,6,8H2. The van der Waals surface area contributed by atoms with Gasteiger partial charge in [0.25, 0.3) is 0 Å². The van der Waals surface area contributed by atoms with E-state index in [1.165, 1.54) is 18.3 Å². The fourth-order valence-electron chi connectivity index (χ4n) is 1.55. The van der Waals surface area contributed by atoms with E-state index < -0.39 is 10.0 Å². The number of pyridine rings is 2. The molecular weight excluding hydrogens is 276 g/mol. The number of nitriles is 1. The Bertz CT molecular complexity index is 706. The van der Waals surface area contributed by atoms with Gasteiger partial charge < -0.3 is 0 Å². The molecule has 2 aromatic heterocycles. The third-order valence-corrected chi connectivity index (χ3v) is 4.01. The van der Waals surface area contributed by atoms with Crippen molar-refractivity contribution in [3.05, 3.63) is 54.1 Å². The predicted molar refractivity (Wildman–Crippen MR) is 72.1 cm³/mol. The van der Waals surface area contributed by atoms with E-state index in [9.17, 15) is 8.42 Å². The summed E-state index contributed by atoms with van der Waals surface area (Å²) in [5.74, 6) is 0. The second kappa shape index (κ2) is 6.23. The lowest BCUT2D eigenvalue weighted by Crippen LogP contribution is -2.26. The molecule has 0 bridgehead atoms. The van der Waals surface area contributed by atoms with Gasteiger partial charge in [0, 0.05) is 31.1 Å². The highest BCUT2D eigenvalue weighted by Crippen LogP contribution is 2.07. The first kappa shape index (κ1) is 14.1. The van der Waals surface area contributed by atoms with E-state index in [2.05, 4.69) is 14.7 Å². The molecule has 1 N–H and O–H groups in total. The third kappa shape index (κ3) is 3.60. The molecule has 0 amide bonds. The lowest BCUT2D eigenvalue weighted by Gasteiger charge is -2.06. The van der Waals surface area contributed by atoms with Crippen LogP contribution < -0.4 is 4.72 Å². The average molecular weight is 288 g/mol. The Morgan fingerprint density at radius 2 is 2.05 bits per heavy atom. The quantitative estimate of drug-likeness (QED) is 0.880. The van der Waals surface area contributed by atoms with Crippen molar-refractivity contribution in [2.75, 3.05) is 6.54 Å². The lowest BCUT2D eigenvalue weighted by atomic mass is 10.3. The first-order chi connectivity index (χ1) is 9.62. The average Bonchev–Trinajstić information content (AvgIpc) is 2.48. The van der Waals surface area contributed by atoms with Crippen LogP contribution >= 0.6 is 0 Å². The summed E-state index contributed by atoms with van der Waals surface area (Å²) in [5, 5.41) is 8.61. The van der Waals surface area contributed by atoms with Crippen molar-refractivity contribution in [1.29, 1.82) is 5.26 Å². The molecule has 0 saturated carbocycles. The van der Waals surface area contributed by atoms with Gasteiger partial charge in [-0.25, -0.2) is 18.1 Å². The molecule has 20 heavy (non-hydrogen) atoms. The van der Waals surface area contributed by atoms with E-state index in [0.29, 0.717) is 6.42 Å². The van der Waals surface area contributed by atoms with E-state index in [0.717, 1.165) is 5.69 Å². The number of rotatable bonds is 5. The first-order valence-corrected chi connectivity index (χ1v) is 7.36. The Kier molecular flexibility index (Phi) is 4.40. The van der Waals surface area contributed by atoms with E-state index in [1.54, 1.807) is 12.3 Å². The molecule has 2 rings (SSSR count). The Balaban J connectivity index is 1.99. The van der Waals surface area contributed by atoms with E-state index >= 15 is 0 Å². The summed E-state index contributed by atoms with van der Waals surface area (Å²) in [6, 6.07) is 10.0. The molecule has 102 valence electrons. The topological polar surface area (TPSA) is 95.7 Å². The molecule has 6 nitrogen and oxygen atoms in total. The molecule has 0 aromatic carbocycles. The van der Waals surface area contributed by atoms with Gasteiger partial charge in [-0.15, -0.1) is 0 Å². The predicted octanol–water partition coefficient (Wildman–Crippen LogP) is 0.869. The van der Waals surface area contributed by atoms with Crippen molar-refractivity contribution in [2.24, 2.45) is 0 Å². The number of hydrogen-bond acceptors (Lipinski definition) is 5. The molecule has 0 unspecified atom stereocenters. The van der Waals surface area contributed by atoms with Gasteiger partial charge >= 0.3 is 0 Å². The van der Waals surface area contributed by atoms with E-state index in [-0.39, 0.29) is 17.1 Å². The zero-order chi connectivity index (χ0) is 14.4. The minimum atomic E-state index is -3.61. The van der Waals surface area contributed by atoms with Gasteiger partial charge in [0.15, 0.2) is 0 Å². The minimum Gasteiger partial charge on any atom is -0.261 e. The summed E-state index contributed by atoms with van der Waals surface area (Å²) in [4.78, 5) is 7.89. The van der Waals surface area contributed by atoms with Crippen LogP contribution in [0, 0.1) is 11.3 Å². The van der Waals surface area contributed by atoms with Crippen molar-refractivity contribution < 1.29 is 8.42 Å². The zero-order valence-corrected chi connectivity index (χ0v) is 11.3. The molecule has 0 atom stereocenters. The molecular formula is C13H12N4O2S. The summed E-state index contributed by atoms with van der Waals surface area (Å²) in [6.07, 6.45) is 3.33. The molecule has 0 spiro atoms. The van der Waals surface area contributed by atoms with Crippen LogP contribution in [0.5, 0.6) is 0 Å². The number of nitrogens with one attached hydrogen (secondary N) is 1. The van der Waals surface area contributed by atoms with Crippen molar-refractivity contribution >= 4 is 10.0 Å². The lowest BCUT2D eigenvalue weighted by molar-refractivity contribution is 0.581. The van der Waals surface area contributed by atoms with Gasteiger partial charge in [0.2, 0.25) is 10.0 Å². The van der Waals surface area contributed by atoms with E-state index in [4.69, 9.17) is 5.26 Å². The highest BCUT2D eigenvalue weighted by Gasteiger charge is 2.13. The number of hydrogen-bond donors (Lipinski definition) is 1. The molecule has 0 aliphatic heterocycles. The fourth-order valence-corrected chi connectivity index (χ4v) is 2.52. The van der Waals surface area contributed by atoms with Gasteiger partial charge in [-0.1, -0.05) is 6.07 Å². The molecule has 0 fully saturated rings. The Hall–Kier alpha value is -2.30. The van der Waals surface area contributed by atoms with Gasteiger partial charge in [-0.3, -0.25) is 4.98 Å². The Morgan fingerprint density at radius 3 is 2.65 bits per heavy atom. The van der Waals surface area contributed by atoms with Crippen LogP contribution in [-0.2, 0) is 16.4 Å². The third-order valence-electron chi connectivity index (χ3n) is 2.56. The van der Waals surface area contributed by atoms with Crippen LogP contribution in [0.2, 0.25) is 0 Å². The number of aromatic nitrogens is 2. The normalized spacial score (nSPS) is 10.9. The van der Waals surface area contributed by atoms with Crippen LogP contribution in [0.3, 0.4) is 0 Å². The molecule has 7 heteroatoms. The van der Waals surface area contributed by atoms with Crippen LogP contribution in [0.1, 0.15) is 11.4 Å². The van der Waals surface area contributed by atoms with Crippen LogP contribution in [0.15, 0.2) is 47.6 Å². The number of sulfonamides is 1. The Labute approximate surface area is 117 Å². The second-order valence-corrected chi connectivity index (χ2v) is 5.73. The van der Waals surface area contributed by atoms with Crippen molar-refractivity contribution in [2.45, 2.75) is 11.3 Å². The van der Waals surface area contributed by atoms with Crippen LogP contribution in [0.25, 0.3) is 0 Å². The van der Waals surface area contributed by atoms with Gasteiger partial charge in [-0.2, -0.15) is 5.26 Å². The SMILES string of the molecule is N#Cc1ccc(S(=O)(=O)NCCc2ccccn2)cn1. The molecule has 0 aliphatic carbocycles. The summed E-state index contributed by atoms with van der Waals surface area (Å²) in [7, 11) is -3.61. The van der Waals surface area contributed by atoms with Crippen molar-refractivity contribution in [3.63, 3.8) is 0 Å². The molecule has 2 aromatic rings. The van der Waals surface area contributed by atoms with Crippen LogP contribution in [0.4, 0.5) is 0 Å². The second-order valence-electron chi connectivity index (χ2n) is 3.96. The molecule has 0 saturated heterocycles. The number of nitrogens with zero attached hydrogens (tertiary/aromatic N) is 3. The summed E-state index contributed by atoms with van der Waals surface area (Å²) < 4.78 is 26.4. The maximum Gasteiger partial charge on any atom is 0.242 e. The van der Waals surface area contributed by atoms with Crippen molar-refractivity contribution in [3.8, 4) is 6.07 Å². The van der Waals surface area contributed by atoms with Crippen LogP contribution in [-0.4, -0.2) is 24.9 Å². The maximum atomic E-state index is 12.0. The highest BCUT2D eigenvalue weighted by atomic mass is 32.2. The van der Waals surface area contributed by atoms with Gasteiger partial charge in [0.1, 0.15) is 16.7 Å². The molecule has 2 heterocycles. The summed E-state index contributed by atoms with van der Waals surface area (Å²) >= 11 is 0. The largest absolute Gasteiger partial charge is 0.261 e. The maximum absolute atomic E-state index is 12.0. The van der Waals surface area contributed by atoms with Gasteiger partial charge in [0.05, 0.1) is 0 Å². The van der Waals surface area contributed by atoms with E-state index in [1.807, 2.05) is 18.2 Å². The fraction of sp³-hybridized carbons (Fsp3) is 0.154. The highest BCUT2D eigenvalue weighted by molar-refractivity contribution is 7.89. The smallest absolute Gasteiger partial charge is 0.242 e.